The number of aliphatic carboxylic acids is 1. The molecule has 1 amide bonds. The number of carboxylic acids is 1. The van der Waals surface area contributed by atoms with Gasteiger partial charge in [-0.2, -0.15) is 5.10 Å². The summed E-state index contributed by atoms with van der Waals surface area (Å²) in [5, 5.41) is 17.5. The van der Waals surface area contributed by atoms with E-state index < -0.39 is 52.1 Å². The van der Waals surface area contributed by atoms with Crippen LogP contribution in [-0.4, -0.2) is 65.8 Å². The summed E-state index contributed by atoms with van der Waals surface area (Å²) >= 11 is -3.03. The number of rotatable bonds is 12. The lowest BCUT2D eigenvalue weighted by atomic mass is 9.92. The zero-order valence-corrected chi connectivity index (χ0v) is 27.6. The van der Waals surface area contributed by atoms with E-state index in [0.29, 0.717) is 61.1 Å². The number of hydrogen-bond donors (Lipinski definition) is 2. The van der Waals surface area contributed by atoms with Crippen molar-refractivity contribution in [3.8, 4) is 28.3 Å². The third-order valence-corrected chi connectivity index (χ3v) is 8.76. The van der Waals surface area contributed by atoms with Gasteiger partial charge < -0.3 is 24.4 Å². The van der Waals surface area contributed by atoms with Gasteiger partial charge in [-0.15, -0.1) is 0 Å². The van der Waals surface area contributed by atoms with Crippen LogP contribution in [0.1, 0.15) is 15.9 Å². The molecule has 2 N–H and O–H groups in total. The number of pyridine rings is 1. The fourth-order valence-corrected chi connectivity index (χ4v) is 6.28. The number of nitrogens with one attached hydrogen (secondary N) is 1. The number of benzene rings is 4. The third-order valence-electron chi connectivity index (χ3n) is 8.04. The molecule has 6 aromatic rings. The van der Waals surface area contributed by atoms with Crippen LogP contribution in [0.3, 0.4) is 0 Å². The molecule has 0 aliphatic heterocycles. The van der Waals surface area contributed by atoms with Crippen molar-refractivity contribution in [1.82, 2.24) is 25.1 Å². The number of fused-ring (bicyclic) bond motifs is 1. The Morgan fingerprint density at radius 2 is 1.65 bits per heavy atom. The van der Waals surface area contributed by atoms with Crippen LogP contribution in [0.15, 0.2) is 97.8 Å². The highest BCUT2D eigenvalue weighted by atomic mass is 32.2. The fourth-order valence-electron chi connectivity index (χ4n) is 5.71. The minimum absolute atomic E-state index is 0.0334. The van der Waals surface area contributed by atoms with Crippen LogP contribution in [0.5, 0.6) is 11.5 Å². The number of carboxylic acid groups (broad SMARTS) is 1. The molecule has 0 saturated heterocycles. The smallest absolute Gasteiger partial charge is 0.326 e. The molecular weight excluding hydrogens is 686 g/mol. The van der Waals surface area contributed by atoms with Crippen molar-refractivity contribution in [3.63, 3.8) is 0 Å². The molecular formula is C35H27F2N6O7S-. The molecule has 0 aliphatic carbocycles. The van der Waals surface area contributed by atoms with Gasteiger partial charge in [-0.3, -0.25) is 18.3 Å². The molecule has 0 bridgehead atoms. The minimum atomic E-state index is -3.03. The van der Waals surface area contributed by atoms with Crippen molar-refractivity contribution in [2.75, 3.05) is 18.5 Å². The number of methoxy groups -OCH3 is 2. The number of carbonyl (C=O) groups excluding carboxylic acids is 1. The molecule has 51 heavy (non-hydrogen) atoms. The Morgan fingerprint density at radius 1 is 0.961 bits per heavy atom. The highest BCUT2D eigenvalue weighted by Gasteiger charge is 2.28. The first-order valence-corrected chi connectivity index (χ1v) is 16.1. The molecule has 0 fully saturated rings. The Kier molecular flexibility index (Phi) is 9.97. The lowest BCUT2D eigenvalue weighted by Gasteiger charge is -2.27. The Hall–Kier alpha value is -6.26. The van der Waals surface area contributed by atoms with Gasteiger partial charge in [0.1, 0.15) is 47.4 Å². The lowest BCUT2D eigenvalue weighted by molar-refractivity contribution is -0.139. The first-order valence-electron chi connectivity index (χ1n) is 15.1. The van der Waals surface area contributed by atoms with Crippen molar-refractivity contribution in [2.45, 2.75) is 12.5 Å². The van der Waals surface area contributed by atoms with Gasteiger partial charge in [0.15, 0.2) is 0 Å². The van der Waals surface area contributed by atoms with Crippen LogP contribution in [-0.2, 0) is 22.5 Å². The molecule has 2 unspecified atom stereocenters. The molecule has 0 aliphatic rings. The number of nitrogens with zero attached hydrogens (tertiary/aromatic N) is 5. The summed E-state index contributed by atoms with van der Waals surface area (Å²) < 4.78 is 68.5. The van der Waals surface area contributed by atoms with Crippen molar-refractivity contribution in [2.24, 2.45) is 0 Å². The van der Waals surface area contributed by atoms with Gasteiger partial charge in [-0.1, -0.05) is 18.2 Å². The standard InChI is InChI=1S/C35H28F2N6O7S/c1-49-30-4-3-5-31(50-2)32(30)25-11-6-20(26-17-38-13-12-24(25)26)14-29(35(45)46)41-34(44)33-27(36)15-23(16-28(33)37)43(51(47)48)22-9-7-21(8-10-22)42-19-39-18-40-42/h3-13,15-19,29H,14H2,1-2H3,(H,41,44)(H,45,46)(H,47,48)/p-1. The molecule has 6 rings (SSSR count). The zero-order valence-electron chi connectivity index (χ0n) is 26.8. The number of aromatic nitrogens is 4. The van der Waals surface area contributed by atoms with Crippen LogP contribution in [0.25, 0.3) is 27.6 Å². The van der Waals surface area contributed by atoms with Crippen molar-refractivity contribution in [1.29, 1.82) is 0 Å². The molecule has 260 valence electrons. The van der Waals surface area contributed by atoms with Crippen LogP contribution in [0.2, 0.25) is 0 Å². The monoisotopic (exact) mass is 713 g/mol. The topological polar surface area (TPSA) is 172 Å². The SMILES string of the molecule is COc1cccc(OC)c1-c1ccc(CC(NC(=O)c2c(F)cc(N(c3ccc(-n4cncn4)cc3)S(=O)[O-])cc2F)C(=O)O)c2cnccc12. The average Bonchev–Trinajstić information content (AvgIpc) is 3.66. The first-order chi connectivity index (χ1) is 24.6. The number of hydrogen-bond acceptors (Lipinski definition) is 9. The molecule has 13 nitrogen and oxygen atoms in total. The van der Waals surface area contributed by atoms with E-state index in [2.05, 4.69) is 20.4 Å². The molecule has 16 heteroatoms. The fraction of sp³-hybridized carbons (Fsp3) is 0.114. The predicted octanol–water partition coefficient (Wildman–Crippen LogP) is 5.14. The number of anilines is 2. The van der Waals surface area contributed by atoms with Crippen molar-refractivity contribution in [3.05, 3.63) is 121 Å². The third kappa shape index (κ3) is 6.95. The van der Waals surface area contributed by atoms with Gasteiger partial charge in [0.25, 0.3) is 5.91 Å². The molecule has 0 spiro atoms. The summed E-state index contributed by atoms with van der Waals surface area (Å²) in [6.07, 6.45) is 5.58. The van der Waals surface area contributed by atoms with E-state index in [1.54, 1.807) is 48.8 Å². The Balaban J connectivity index is 1.28. The maximum absolute atomic E-state index is 15.4. The Bertz CT molecular complexity index is 2230. The maximum atomic E-state index is 15.4. The summed E-state index contributed by atoms with van der Waals surface area (Å²) in [5.74, 6) is -4.56. The molecule has 2 aromatic heterocycles. The van der Waals surface area contributed by atoms with Crippen LogP contribution in [0.4, 0.5) is 20.2 Å². The Labute approximate surface area is 291 Å². The number of halogens is 2. The summed E-state index contributed by atoms with van der Waals surface area (Å²) in [4.78, 5) is 33.6. The van der Waals surface area contributed by atoms with Gasteiger partial charge >= 0.3 is 5.97 Å². The zero-order chi connectivity index (χ0) is 36.2. The summed E-state index contributed by atoms with van der Waals surface area (Å²) in [6.45, 7) is 0. The number of ether oxygens (including phenoxy) is 2. The van der Waals surface area contributed by atoms with Crippen LogP contribution in [0, 0.1) is 11.6 Å². The molecule has 0 radical (unpaired) electrons. The van der Waals surface area contributed by atoms with E-state index in [4.69, 9.17) is 9.47 Å². The number of amides is 1. The van der Waals surface area contributed by atoms with E-state index in [9.17, 15) is 23.5 Å². The second kappa shape index (κ2) is 14.7. The summed E-state index contributed by atoms with van der Waals surface area (Å²) in [6, 6.07) is 16.0. The lowest BCUT2D eigenvalue weighted by Crippen LogP contribution is -2.43. The van der Waals surface area contributed by atoms with Crippen molar-refractivity contribution >= 4 is 45.3 Å². The maximum Gasteiger partial charge on any atom is 0.326 e. The first kappa shape index (κ1) is 34.6. The quantitative estimate of drug-likeness (QED) is 0.162. The second-order valence-corrected chi connectivity index (χ2v) is 11.8. The van der Waals surface area contributed by atoms with Crippen LogP contribution >= 0.6 is 0 Å². The normalized spacial score (nSPS) is 12.3. The van der Waals surface area contributed by atoms with E-state index in [1.165, 1.54) is 55.8 Å². The van der Waals surface area contributed by atoms with E-state index in [-0.39, 0.29) is 12.1 Å². The molecule has 4 aromatic carbocycles. The predicted molar refractivity (Wildman–Crippen MR) is 182 cm³/mol. The van der Waals surface area contributed by atoms with Crippen LogP contribution < -0.4 is 19.1 Å². The minimum Gasteiger partial charge on any atom is -0.755 e. The van der Waals surface area contributed by atoms with Gasteiger partial charge in [0.05, 0.1) is 48.1 Å². The molecule has 0 saturated carbocycles. The molecule has 2 heterocycles. The summed E-state index contributed by atoms with van der Waals surface area (Å²) in [5.41, 5.74) is 0.893. The van der Waals surface area contributed by atoms with Gasteiger partial charge in [0.2, 0.25) is 0 Å². The van der Waals surface area contributed by atoms with Gasteiger partial charge in [-0.05, 0) is 71.1 Å². The molecule has 2 atom stereocenters. The largest absolute Gasteiger partial charge is 0.755 e. The van der Waals surface area contributed by atoms with E-state index in [0.717, 1.165) is 0 Å². The van der Waals surface area contributed by atoms with Gasteiger partial charge in [0, 0.05) is 24.2 Å². The summed E-state index contributed by atoms with van der Waals surface area (Å²) in [7, 11) is 3.05. The average molecular weight is 714 g/mol. The van der Waals surface area contributed by atoms with Gasteiger partial charge in [-0.25, -0.2) is 23.2 Å². The van der Waals surface area contributed by atoms with Crippen molar-refractivity contribution < 1.29 is 41.7 Å². The second-order valence-electron chi connectivity index (χ2n) is 11.0. The highest BCUT2D eigenvalue weighted by molar-refractivity contribution is 7.81. The Morgan fingerprint density at radius 3 is 2.24 bits per heavy atom. The highest BCUT2D eigenvalue weighted by Crippen LogP contribution is 2.42. The van der Waals surface area contributed by atoms with E-state index >= 15 is 8.78 Å². The number of carbonyl (C=O) groups is 2. The van der Waals surface area contributed by atoms with E-state index in [1.807, 2.05) is 0 Å².